The van der Waals surface area contributed by atoms with Gasteiger partial charge in [0.15, 0.2) is 0 Å². The number of hydrogen-bond acceptors (Lipinski definition) is 5. The lowest BCUT2D eigenvalue weighted by molar-refractivity contribution is 0.0717. The maximum absolute atomic E-state index is 12.7. The van der Waals surface area contributed by atoms with E-state index in [9.17, 15) is 9.90 Å². The fraction of sp³-hybridized carbons (Fsp3) is 0.444. The molecule has 0 saturated carbocycles. The molecule has 0 radical (unpaired) electrons. The minimum absolute atomic E-state index is 0.0344. The Kier molecular flexibility index (Phi) is 5.96. The first kappa shape index (κ1) is 17.1. The highest BCUT2D eigenvalue weighted by Crippen LogP contribution is 2.30. The molecule has 3 rings (SSSR count). The molecule has 1 aliphatic heterocycles. The first-order chi connectivity index (χ1) is 11.8. The van der Waals surface area contributed by atoms with Crippen molar-refractivity contribution in [2.45, 2.75) is 25.4 Å². The Morgan fingerprint density at radius 1 is 1.33 bits per heavy atom. The highest BCUT2D eigenvalue weighted by Gasteiger charge is 2.24. The van der Waals surface area contributed by atoms with Crippen molar-refractivity contribution in [1.29, 1.82) is 0 Å². The molecule has 24 heavy (non-hydrogen) atoms. The molecule has 2 aromatic rings. The third-order valence-corrected chi connectivity index (χ3v) is 5.05. The van der Waals surface area contributed by atoms with Crippen LogP contribution >= 0.6 is 11.3 Å². The van der Waals surface area contributed by atoms with Crippen LogP contribution in [0.25, 0.3) is 0 Å². The smallest absolute Gasteiger partial charge is 0.273 e. The summed E-state index contributed by atoms with van der Waals surface area (Å²) in [4.78, 5) is 18.8. The molecule has 0 spiro atoms. The number of nitrogens with zero attached hydrogens (tertiary/aromatic N) is 2. The molecule has 0 bridgehead atoms. The molecule has 1 amide bonds. The molecular formula is C18H22N2O3S. The Bertz CT molecular complexity index is 653. The summed E-state index contributed by atoms with van der Waals surface area (Å²) >= 11 is 1.48. The maximum atomic E-state index is 12.7. The van der Waals surface area contributed by atoms with Gasteiger partial charge < -0.3 is 14.7 Å². The van der Waals surface area contributed by atoms with Crippen molar-refractivity contribution >= 4 is 17.2 Å². The van der Waals surface area contributed by atoms with Gasteiger partial charge in [-0.15, -0.1) is 11.3 Å². The van der Waals surface area contributed by atoms with Gasteiger partial charge in [0.2, 0.25) is 0 Å². The second kappa shape index (κ2) is 8.37. The minimum Gasteiger partial charge on any atom is -0.395 e. The first-order valence-electron chi connectivity index (χ1n) is 8.29. The van der Waals surface area contributed by atoms with E-state index in [1.165, 1.54) is 16.9 Å². The van der Waals surface area contributed by atoms with Crippen molar-refractivity contribution in [1.82, 2.24) is 9.88 Å². The van der Waals surface area contributed by atoms with Gasteiger partial charge in [0.1, 0.15) is 16.8 Å². The molecule has 1 unspecified atom stereocenters. The van der Waals surface area contributed by atoms with E-state index in [-0.39, 0.29) is 18.6 Å². The lowest BCUT2D eigenvalue weighted by Gasteiger charge is -2.20. The SMILES string of the molecule is O=C(c1csc(C2CCCO2)n1)N(CCO)CCc1ccccc1. The summed E-state index contributed by atoms with van der Waals surface area (Å²) in [7, 11) is 0. The topological polar surface area (TPSA) is 62.7 Å². The largest absolute Gasteiger partial charge is 0.395 e. The number of benzene rings is 1. The summed E-state index contributed by atoms with van der Waals surface area (Å²) in [6.07, 6.45) is 2.80. The van der Waals surface area contributed by atoms with Gasteiger partial charge in [0.25, 0.3) is 5.91 Å². The van der Waals surface area contributed by atoms with E-state index in [0.717, 1.165) is 30.9 Å². The van der Waals surface area contributed by atoms with Crippen LogP contribution in [0.2, 0.25) is 0 Å². The molecule has 128 valence electrons. The molecule has 5 nitrogen and oxygen atoms in total. The van der Waals surface area contributed by atoms with Crippen molar-refractivity contribution in [2.75, 3.05) is 26.3 Å². The molecule has 1 atom stereocenters. The number of amides is 1. The van der Waals surface area contributed by atoms with E-state index in [1.807, 2.05) is 30.3 Å². The van der Waals surface area contributed by atoms with Crippen LogP contribution < -0.4 is 0 Å². The predicted octanol–water partition coefficient (Wildman–Crippen LogP) is 2.67. The zero-order chi connectivity index (χ0) is 16.8. The Hall–Kier alpha value is -1.76. The fourth-order valence-corrected chi connectivity index (χ4v) is 3.69. The second-order valence-corrected chi connectivity index (χ2v) is 6.71. The molecule has 0 aliphatic carbocycles. The summed E-state index contributed by atoms with van der Waals surface area (Å²) in [6.45, 7) is 1.60. The quantitative estimate of drug-likeness (QED) is 0.837. The third kappa shape index (κ3) is 4.20. The number of carbonyl (C=O) groups excluding carboxylic acids is 1. The predicted molar refractivity (Wildman–Crippen MR) is 93.2 cm³/mol. The van der Waals surface area contributed by atoms with Gasteiger partial charge in [-0.25, -0.2) is 4.98 Å². The van der Waals surface area contributed by atoms with Crippen LogP contribution in [0.3, 0.4) is 0 Å². The lowest BCUT2D eigenvalue weighted by Crippen LogP contribution is -2.35. The highest BCUT2D eigenvalue weighted by molar-refractivity contribution is 7.09. The number of aromatic nitrogens is 1. The molecular weight excluding hydrogens is 324 g/mol. The van der Waals surface area contributed by atoms with E-state index >= 15 is 0 Å². The zero-order valence-corrected chi connectivity index (χ0v) is 14.4. The van der Waals surface area contributed by atoms with Crippen LogP contribution in [-0.4, -0.2) is 47.2 Å². The van der Waals surface area contributed by atoms with E-state index in [4.69, 9.17) is 4.74 Å². The first-order valence-corrected chi connectivity index (χ1v) is 9.17. The van der Waals surface area contributed by atoms with Crippen LogP contribution in [0.1, 0.15) is 40.0 Å². The zero-order valence-electron chi connectivity index (χ0n) is 13.6. The van der Waals surface area contributed by atoms with Crippen molar-refractivity contribution in [3.8, 4) is 0 Å². The normalized spacial score (nSPS) is 17.1. The number of thiazole rings is 1. The Morgan fingerprint density at radius 2 is 2.17 bits per heavy atom. The maximum Gasteiger partial charge on any atom is 0.273 e. The van der Waals surface area contributed by atoms with Gasteiger partial charge in [-0.2, -0.15) is 0 Å². The molecule has 1 N–H and O–H groups in total. The average molecular weight is 346 g/mol. The highest BCUT2D eigenvalue weighted by atomic mass is 32.1. The molecule has 1 aromatic carbocycles. The lowest BCUT2D eigenvalue weighted by atomic mass is 10.1. The van der Waals surface area contributed by atoms with Crippen LogP contribution in [0.4, 0.5) is 0 Å². The third-order valence-electron chi connectivity index (χ3n) is 4.12. The molecule has 1 aromatic heterocycles. The summed E-state index contributed by atoms with van der Waals surface area (Å²) in [5.74, 6) is -0.125. The number of aliphatic hydroxyl groups excluding tert-OH is 1. The van der Waals surface area contributed by atoms with Gasteiger partial charge in [0, 0.05) is 25.1 Å². The number of carbonyl (C=O) groups is 1. The number of aliphatic hydroxyl groups is 1. The summed E-state index contributed by atoms with van der Waals surface area (Å²) in [6, 6.07) is 10.0. The molecule has 1 fully saturated rings. The van der Waals surface area contributed by atoms with Gasteiger partial charge in [-0.05, 0) is 24.8 Å². The molecule has 1 aliphatic rings. The second-order valence-electron chi connectivity index (χ2n) is 5.82. The fourth-order valence-electron chi connectivity index (χ4n) is 2.81. The molecule has 6 heteroatoms. The number of rotatable bonds is 7. The van der Waals surface area contributed by atoms with Crippen molar-refractivity contribution in [3.05, 3.63) is 52.0 Å². The monoisotopic (exact) mass is 346 g/mol. The van der Waals surface area contributed by atoms with Crippen molar-refractivity contribution in [2.24, 2.45) is 0 Å². The van der Waals surface area contributed by atoms with E-state index in [1.54, 1.807) is 10.3 Å². The van der Waals surface area contributed by atoms with Crippen molar-refractivity contribution in [3.63, 3.8) is 0 Å². The van der Waals surface area contributed by atoms with Gasteiger partial charge >= 0.3 is 0 Å². The van der Waals surface area contributed by atoms with E-state index < -0.39 is 0 Å². The van der Waals surface area contributed by atoms with E-state index in [2.05, 4.69) is 4.98 Å². The minimum atomic E-state index is -0.125. The van der Waals surface area contributed by atoms with Crippen LogP contribution in [-0.2, 0) is 11.2 Å². The summed E-state index contributed by atoms with van der Waals surface area (Å²) in [5.41, 5.74) is 1.62. The van der Waals surface area contributed by atoms with Gasteiger partial charge in [0.05, 0.1) is 6.61 Å². The van der Waals surface area contributed by atoms with E-state index in [0.29, 0.717) is 18.8 Å². The van der Waals surface area contributed by atoms with Crippen LogP contribution in [0.5, 0.6) is 0 Å². The van der Waals surface area contributed by atoms with Crippen molar-refractivity contribution < 1.29 is 14.6 Å². The van der Waals surface area contributed by atoms with Crippen LogP contribution in [0, 0.1) is 0 Å². The summed E-state index contributed by atoms with van der Waals surface area (Å²) < 4.78 is 5.63. The number of ether oxygens (including phenoxy) is 1. The van der Waals surface area contributed by atoms with Gasteiger partial charge in [-0.1, -0.05) is 30.3 Å². The Balaban J connectivity index is 1.65. The standard InChI is InChI=1S/C18H22N2O3S/c21-11-10-20(9-8-14-5-2-1-3-6-14)18(22)15-13-24-17(19-15)16-7-4-12-23-16/h1-3,5-6,13,16,21H,4,7-12H2. The van der Waals surface area contributed by atoms with Crippen LogP contribution in [0.15, 0.2) is 35.7 Å². The molecule has 2 heterocycles. The van der Waals surface area contributed by atoms with Gasteiger partial charge in [-0.3, -0.25) is 4.79 Å². The molecule has 1 saturated heterocycles. The Labute approximate surface area is 145 Å². The average Bonchev–Trinajstić information content (AvgIpc) is 3.30. The Morgan fingerprint density at radius 3 is 2.88 bits per heavy atom. The number of hydrogen-bond donors (Lipinski definition) is 1. The summed E-state index contributed by atoms with van der Waals surface area (Å²) in [5, 5.41) is 12.0.